The van der Waals surface area contributed by atoms with Gasteiger partial charge in [-0.05, 0) is 42.9 Å². The fourth-order valence-electron chi connectivity index (χ4n) is 3.73. The van der Waals surface area contributed by atoms with E-state index < -0.39 is 0 Å². The molecule has 2 aliphatic carbocycles. The summed E-state index contributed by atoms with van der Waals surface area (Å²) >= 11 is 6.15. The molecule has 2 saturated carbocycles. The van der Waals surface area contributed by atoms with Crippen molar-refractivity contribution in [3.63, 3.8) is 0 Å². The monoisotopic (exact) mass is 292 g/mol. The Morgan fingerprint density at radius 2 is 2.05 bits per heavy atom. The molecule has 0 radical (unpaired) electrons. The Morgan fingerprint density at radius 3 is 2.75 bits per heavy atom. The van der Waals surface area contributed by atoms with Gasteiger partial charge in [0.2, 0.25) is 5.88 Å². The van der Waals surface area contributed by atoms with Crippen LogP contribution in [0.5, 0.6) is 0 Å². The van der Waals surface area contributed by atoms with Crippen molar-refractivity contribution in [2.75, 3.05) is 5.73 Å². The molecule has 20 heavy (non-hydrogen) atoms. The van der Waals surface area contributed by atoms with E-state index in [1.54, 1.807) is 6.07 Å². The molecule has 2 atom stereocenters. The summed E-state index contributed by atoms with van der Waals surface area (Å²) in [6, 6.07) is 4.31. The van der Waals surface area contributed by atoms with Crippen molar-refractivity contribution in [1.29, 1.82) is 0 Å². The van der Waals surface area contributed by atoms with E-state index in [1.807, 2.05) is 0 Å². The number of benzene rings is 1. The highest BCUT2D eigenvalue weighted by molar-refractivity contribution is 6.33. The van der Waals surface area contributed by atoms with Crippen molar-refractivity contribution in [3.8, 4) is 11.1 Å². The summed E-state index contributed by atoms with van der Waals surface area (Å²) < 4.78 is 18.4. The summed E-state index contributed by atoms with van der Waals surface area (Å²) in [6.07, 6.45) is 3.79. The van der Waals surface area contributed by atoms with E-state index in [-0.39, 0.29) is 11.7 Å². The quantitative estimate of drug-likeness (QED) is 0.901. The summed E-state index contributed by atoms with van der Waals surface area (Å²) in [6.45, 7) is 0. The zero-order chi connectivity index (χ0) is 13.9. The maximum atomic E-state index is 13.2. The summed E-state index contributed by atoms with van der Waals surface area (Å²) in [5.41, 5.74) is 8.25. The third kappa shape index (κ3) is 1.67. The van der Waals surface area contributed by atoms with Crippen LogP contribution in [0, 0.1) is 17.7 Å². The number of nitrogens with zero attached hydrogens (tertiary/aromatic N) is 1. The molecule has 2 aromatic rings. The highest BCUT2D eigenvalue weighted by Crippen LogP contribution is 2.64. The molecule has 0 aliphatic heterocycles. The lowest BCUT2D eigenvalue weighted by atomic mass is 9.99. The lowest BCUT2D eigenvalue weighted by Crippen LogP contribution is -1.94. The van der Waals surface area contributed by atoms with Gasteiger partial charge >= 0.3 is 0 Å². The maximum absolute atomic E-state index is 13.2. The van der Waals surface area contributed by atoms with E-state index in [4.69, 9.17) is 21.9 Å². The Morgan fingerprint density at radius 1 is 1.30 bits per heavy atom. The van der Waals surface area contributed by atoms with Gasteiger partial charge in [0.25, 0.3) is 0 Å². The normalized spacial score (nSPS) is 27.6. The SMILES string of the molecule is Nc1onc(C2C3CCCC32)c1-c1ccc(F)cc1Cl. The first-order chi connectivity index (χ1) is 9.66. The zero-order valence-electron chi connectivity index (χ0n) is 10.8. The van der Waals surface area contributed by atoms with Crippen molar-refractivity contribution >= 4 is 17.5 Å². The number of aromatic nitrogens is 1. The average molecular weight is 293 g/mol. The van der Waals surface area contributed by atoms with Gasteiger partial charge in [-0.2, -0.15) is 0 Å². The Kier molecular flexibility index (Phi) is 2.58. The molecule has 0 amide bonds. The molecule has 0 spiro atoms. The van der Waals surface area contributed by atoms with E-state index in [9.17, 15) is 4.39 Å². The van der Waals surface area contributed by atoms with Crippen LogP contribution in [0.1, 0.15) is 30.9 Å². The molecule has 2 N–H and O–H groups in total. The highest BCUT2D eigenvalue weighted by Gasteiger charge is 2.55. The van der Waals surface area contributed by atoms with Crippen LogP contribution < -0.4 is 5.73 Å². The number of hydrogen-bond acceptors (Lipinski definition) is 3. The largest absolute Gasteiger partial charge is 0.367 e. The predicted octanol–water partition coefficient (Wildman–Crippen LogP) is 4.23. The zero-order valence-corrected chi connectivity index (χ0v) is 11.5. The molecule has 4 rings (SSSR count). The van der Waals surface area contributed by atoms with Crippen molar-refractivity contribution in [2.24, 2.45) is 11.8 Å². The third-order valence-corrected chi connectivity index (χ3v) is 4.98. The predicted molar refractivity (Wildman–Crippen MR) is 74.9 cm³/mol. The molecule has 1 aromatic heterocycles. The van der Waals surface area contributed by atoms with Gasteiger partial charge in [-0.3, -0.25) is 0 Å². The fourth-order valence-corrected chi connectivity index (χ4v) is 4.00. The van der Waals surface area contributed by atoms with Crippen LogP contribution in [0.2, 0.25) is 5.02 Å². The molecule has 3 nitrogen and oxygen atoms in total. The Bertz CT molecular complexity index is 675. The number of nitrogen functional groups attached to an aromatic ring is 1. The lowest BCUT2D eigenvalue weighted by molar-refractivity contribution is 0.424. The Hall–Kier alpha value is -1.55. The van der Waals surface area contributed by atoms with Crippen LogP contribution in [0.4, 0.5) is 10.3 Å². The third-order valence-electron chi connectivity index (χ3n) is 4.67. The maximum Gasteiger partial charge on any atom is 0.230 e. The average Bonchev–Trinajstić information content (AvgIpc) is 2.76. The van der Waals surface area contributed by atoms with Crippen LogP contribution in [0.25, 0.3) is 11.1 Å². The molecular weight excluding hydrogens is 279 g/mol. The molecule has 2 aliphatic rings. The fraction of sp³-hybridized carbons (Fsp3) is 0.400. The van der Waals surface area contributed by atoms with Gasteiger partial charge in [-0.15, -0.1) is 0 Å². The lowest BCUT2D eigenvalue weighted by Gasteiger charge is -2.06. The number of rotatable bonds is 2. The highest BCUT2D eigenvalue weighted by atomic mass is 35.5. The second kappa shape index (κ2) is 4.22. The molecule has 1 aromatic carbocycles. The number of fused-ring (bicyclic) bond motifs is 1. The topological polar surface area (TPSA) is 52.0 Å². The van der Waals surface area contributed by atoms with E-state index in [1.165, 1.54) is 31.4 Å². The second-order valence-electron chi connectivity index (χ2n) is 5.72. The molecule has 1 heterocycles. The van der Waals surface area contributed by atoms with E-state index >= 15 is 0 Å². The molecule has 2 unspecified atom stereocenters. The smallest absolute Gasteiger partial charge is 0.230 e. The standard InChI is InChI=1S/C15H14ClFN2O/c16-11-6-7(17)4-5-10(11)13-14(19-20-15(13)18)12-8-2-1-3-9(8)12/h4-6,8-9,12H,1-3,18H2. The number of nitrogens with two attached hydrogens (primary N) is 1. The number of hydrogen-bond donors (Lipinski definition) is 1. The summed E-state index contributed by atoms with van der Waals surface area (Å²) in [5, 5.41) is 4.49. The minimum absolute atomic E-state index is 0.262. The number of halogens is 2. The van der Waals surface area contributed by atoms with Crippen molar-refractivity contribution in [1.82, 2.24) is 5.16 Å². The van der Waals surface area contributed by atoms with Crippen molar-refractivity contribution in [2.45, 2.75) is 25.2 Å². The van der Waals surface area contributed by atoms with Gasteiger partial charge in [0.05, 0.1) is 16.3 Å². The van der Waals surface area contributed by atoms with Gasteiger partial charge in [-0.1, -0.05) is 23.2 Å². The minimum Gasteiger partial charge on any atom is -0.367 e. The molecule has 5 heteroatoms. The van der Waals surface area contributed by atoms with Gasteiger partial charge in [-0.25, -0.2) is 4.39 Å². The first kappa shape index (κ1) is 12.2. The summed E-state index contributed by atoms with van der Waals surface area (Å²) in [5.74, 6) is 1.74. The Balaban J connectivity index is 1.80. The van der Waals surface area contributed by atoms with Crippen LogP contribution in [-0.2, 0) is 0 Å². The molecule has 0 saturated heterocycles. The van der Waals surface area contributed by atoms with Gasteiger partial charge < -0.3 is 10.3 Å². The van der Waals surface area contributed by atoms with Gasteiger partial charge in [0, 0.05) is 11.5 Å². The first-order valence-corrected chi connectivity index (χ1v) is 7.25. The molecule has 0 bridgehead atoms. The molecule has 104 valence electrons. The second-order valence-corrected chi connectivity index (χ2v) is 6.12. The van der Waals surface area contributed by atoms with Crippen LogP contribution >= 0.6 is 11.6 Å². The van der Waals surface area contributed by atoms with Gasteiger partial charge in [0.1, 0.15) is 5.82 Å². The number of anilines is 1. The summed E-state index contributed by atoms with van der Waals surface area (Å²) in [7, 11) is 0. The minimum atomic E-state index is -0.362. The Labute approximate surface area is 120 Å². The van der Waals surface area contributed by atoms with E-state index in [0.717, 1.165) is 11.3 Å². The van der Waals surface area contributed by atoms with E-state index in [0.29, 0.717) is 28.3 Å². The van der Waals surface area contributed by atoms with Crippen LogP contribution in [-0.4, -0.2) is 5.16 Å². The molecule has 2 fully saturated rings. The van der Waals surface area contributed by atoms with Gasteiger partial charge in [0.15, 0.2) is 0 Å². The first-order valence-electron chi connectivity index (χ1n) is 6.87. The van der Waals surface area contributed by atoms with Crippen LogP contribution in [0.15, 0.2) is 22.7 Å². The van der Waals surface area contributed by atoms with Crippen molar-refractivity contribution < 1.29 is 8.91 Å². The van der Waals surface area contributed by atoms with Crippen LogP contribution in [0.3, 0.4) is 0 Å². The summed E-state index contributed by atoms with van der Waals surface area (Å²) in [4.78, 5) is 0. The van der Waals surface area contributed by atoms with Crippen molar-refractivity contribution in [3.05, 3.63) is 34.7 Å². The van der Waals surface area contributed by atoms with E-state index in [2.05, 4.69) is 5.16 Å². The molecular formula is C15H14ClFN2O.